The molecule has 0 heterocycles. The zero-order valence-corrected chi connectivity index (χ0v) is 16.8. The summed E-state index contributed by atoms with van der Waals surface area (Å²) in [6.45, 7) is 0.563. The maximum atomic E-state index is 12.2. The molecule has 28 heavy (non-hydrogen) atoms. The minimum absolute atomic E-state index is 0.171. The van der Waals surface area contributed by atoms with Crippen LogP contribution in [-0.2, 0) is 4.79 Å². The zero-order valence-electron chi connectivity index (χ0n) is 15.3. The smallest absolute Gasteiger partial charge is 0.244 e. The van der Waals surface area contributed by atoms with E-state index in [0.29, 0.717) is 22.2 Å². The highest BCUT2D eigenvalue weighted by Crippen LogP contribution is 2.27. The molecule has 142 valence electrons. The van der Waals surface area contributed by atoms with Crippen molar-refractivity contribution >= 4 is 35.2 Å². The van der Waals surface area contributed by atoms with Gasteiger partial charge in [-0.25, -0.2) is 0 Å². The van der Waals surface area contributed by atoms with E-state index in [1.165, 1.54) is 17.2 Å². The van der Waals surface area contributed by atoms with Crippen LogP contribution in [0.2, 0.25) is 10.0 Å². The van der Waals surface area contributed by atoms with Crippen LogP contribution in [-0.4, -0.2) is 12.5 Å². The Morgan fingerprint density at radius 3 is 1.89 bits per heavy atom. The molecule has 0 radical (unpaired) electrons. The van der Waals surface area contributed by atoms with Gasteiger partial charge in [0.05, 0.1) is 0 Å². The first-order chi connectivity index (χ1) is 13.6. The number of nitrogens with one attached hydrogen (secondary N) is 1. The summed E-state index contributed by atoms with van der Waals surface area (Å²) >= 11 is 12.3. The van der Waals surface area contributed by atoms with Gasteiger partial charge < -0.3 is 5.32 Å². The number of hydrogen-bond donors (Lipinski definition) is 1. The summed E-state index contributed by atoms with van der Waals surface area (Å²) in [4.78, 5) is 12.2. The number of carbonyl (C=O) groups is 1. The molecule has 0 unspecified atom stereocenters. The largest absolute Gasteiger partial charge is 0.353 e. The Morgan fingerprint density at radius 1 is 0.821 bits per heavy atom. The second-order valence-corrected chi connectivity index (χ2v) is 7.24. The Bertz CT molecular complexity index is 880. The van der Waals surface area contributed by atoms with Crippen molar-refractivity contribution in [3.63, 3.8) is 0 Å². The van der Waals surface area contributed by atoms with E-state index in [1.54, 1.807) is 24.3 Å². The molecular weight excluding hydrogens is 389 g/mol. The minimum atomic E-state index is -0.171. The predicted octanol–water partition coefficient (Wildman–Crippen LogP) is 6.35. The Kier molecular flexibility index (Phi) is 7.30. The molecule has 0 aliphatic heterocycles. The number of carbonyl (C=O) groups excluding carboxylic acids is 1. The molecule has 1 amide bonds. The first-order valence-electron chi connectivity index (χ1n) is 9.15. The highest BCUT2D eigenvalue weighted by molar-refractivity contribution is 6.37. The number of hydrogen-bond acceptors (Lipinski definition) is 1. The molecule has 2 nitrogen and oxygen atoms in total. The molecule has 0 bridgehead atoms. The number of benzene rings is 3. The molecular formula is C24H21Cl2NO. The lowest BCUT2D eigenvalue weighted by atomic mass is 9.88. The second-order valence-electron chi connectivity index (χ2n) is 6.42. The molecule has 0 saturated heterocycles. The standard InChI is InChI=1S/C24H21Cl2NO/c25-22-12-7-13-23(26)21(22)14-15-24(28)27-17-16-20(18-8-3-1-4-9-18)19-10-5-2-6-11-19/h1-15,20H,16-17H2,(H,27,28). The van der Waals surface area contributed by atoms with E-state index in [2.05, 4.69) is 29.6 Å². The van der Waals surface area contributed by atoms with Gasteiger partial charge in [0.15, 0.2) is 0 Å². The quantitative estimate of drug-likeness (QED) is 0.452. The van der Waals surface area contributed by atoms with Crippen LogP contribution in [0.1, 0.15) is 29.0 Å². The third-order valence-corrected chi connectivity index (χ3v) is 5.20. The highest BCUT2D eigenvalue weighted by Gasteiger charge is 2.13. The van der Waals surface area contributed by atoms with Gasteiger partial charge in [0.25, 0.3) is 0 Å². The molecule has 0 atom stereocenters. The van der Waals surface area contributed by atoms with E-state index in [4.69, 9.17) is 23.2 Å². The van der Waals surface area contributed by atoms with Crippen LogP contribution in [0, 0.1) is 0 Å². The third kappa shape index (κ3) is 5.48. The molecule has 0 saturated carbocycles. The van der Waals surface area contributed by atoms with Gasteiger partial charge in [0, 0.05) is 34.1 Å². The first-order valence-corrected chi connectivity index (χ1v) is 9.90. The lowest BCUT2D eigenvalue weighted by Crippen LogP contribution is -2.23. The molecule has 3 aromatic rings. The molecule has 4 heteroatoms. The average molecular weight is 410 g/mol. The van der Waals surface area contributed by atoms with E-state index >= 15 is 0 Å². The van der Waals surface area contributed by atoms with E-state index in [-0.39, 0.29) is 11.8 Å². The lowest BCUT2D eigenvalue weighted by Gasteiger charge is -2.18. The van der Waals surface area contributed by atoms with Crippen molar-refractivity contribution < 1.29 is 4.79 Å². The number of halogens is 2. The van der Waals surface area contributed by atoms with Gasteiger partial charge in [0.2, 0.25) is 5.91 Å². The maximum Gasteiger partial charge on any atom is 0.244 e. The second kappa shape index (κ2) is 10.1. The fourth-order valence-electron chi connectivity index (χ4n) is 3.12. The van der Waals surface area contributed by atoms with E-state index in [0.717, 1.165) is 6.42 Å². The molecule has 0 aliphatic carbocycles. The van der Waals surface area contributed by atoms with E-state index < -0.39 is 0 Å². The Morgan fingerprint density at radius 2 is 1.36 bits per heavy atom. The number of amides is 1. The van der Waals surface area contributed by atoms with Crippen LogP contribution in [0.25, 0.3) is 6.08 Å². The topological polar surface area (TPSA) is 29.1 Å². The van der Waals surface area contributed by atoms with Crippen molar-refractivity contribution in [2.24, 2.45) is 0 Å². The fraction of sp³-hybridized carbons (Fsp3) is 0.125. The van der Waals surface area contributed by atoms with Crippen LogP contribution in [0.15, 0.2) is 84.9 Å². The lowest BCUT2D eigenvalue weighted by molar-refractivity contribution is -0.116. The van der Waals surface area contributed by atoms with Crippen molar-refractivity contribution in [2.75, 3.05) is 6.54 Å². The molecule has 3 aromatic carbocycles. The van der Waals surface area contributed by atoms with Crippen molar-refractivity contribution in [1.29, 1.82) is 0 Å². The normalized spacial score (nSPS) is 11.1. The number of rotatable bonds is 7. The highest BCUT2D eigenvalue weighted by atomic mass is 35.5. The predicted molar refractivity (Wildman–Crippen MR) is 118 cm³/mol. The van der Waals surface area contributed by atoms with Crippen LogP contribution >= 0.6 is 23.2 Å². The average Bonchev–Trinajstić information content (AvgIpc) is 2.72. The van der Waals surface area contributed by atoms with Gasteiger partial charge in [-0.1, -0.05) is 89.9 Å². The van der Waals surface area contributed by atoms with Gasteiger partial charge in [-0.15, -0.1) is 0 Å². The van der Waals surface area contributed by atoms with Crippen LogP contribution < -0.4 is 5.32 Å². The monoisotopic (exact) mass is 409 g/mol. The SMILES string of the molecule is O=C(C=Cc1c(Cl)cccc1Cl)NCCC(c1ccccc1)c1ccccc1. The van der Waals surface area contributed by atoms with Crippen LogP contribution in [0.4, 0.5) is 0 Å². The van der Waals surface area contributed by atoms with Gasteiger partial charge in [-0.2, -0.15) is 0 Å². The summed E-state index contributed by atoms with van der Waals surface area (Å²) < 4.78 is 0. The van der Waals surface area contributed by atoms with Crippen molar-refractivity contribution in [2.45, 2.75) is 12.3 Å². The molecule has 1 N–H and O–H groups in total. The fourth-order valence-corrected chi connectivity index (χ4v) is 3.65. The van der Waals surface area contributed by atoms with Gasteiger partial charge in [-0.3, -0.25) is 4.79 Å². The molecule has 0 aliphatic rings. The van der Waals surface area contributed by atoms with Crippen molar-refractivity contribution in [3.8, 4) is 0 Å². The van der Waals surface area contributed by atoms with E-state index in [1.807, 2.05) is 36.4 Å². The Balaban J connectivity index is 1.63. The summed E-state index contributed by atoms with van der Waals surface area (Å²) in [6, 6.07) is 25.9. The van der Waals surface area contributed by atoms with Crippen LogP contribution in [0.3, 0.4) is 0 Å². The van der Waals surface area contributed by atoms with Gasteiger partial charge in [0.1, 0.15) is 0 Å². The van der Waals surface area contributed by atoms with Gasteiger partial charge >= 0.3 is 0 Å². The Hall–Kier alpha value is -2.55. The molecule has 0 aromatic heterocycles. The molecule has 3 rings (SSSR count). The molecule has 0 fully saturated rings. The molecule has 0 spiro atoms. The van der Waals surface area contributed by atoms with Crippen LogP contribution in [0.5, 0.6) is 0 Å². The third-order valence-electron chi connectivity index (χ3n) is 4.54. The minimum Gasteiger partial charge on any atom is -0.353 e. The summed E-state index contributed by atoms with van der Waals surface area (Å²) in [5.41, 5.74) is 3.12. The summed E-state index contributed by atoms with van der Waals surface area (Å²) in [5.74, 6) is 0.0561. The van der Waals surface area contributed by atoms with Gasteiger partial charge in [-0.05, 0) is 35.8 Å². The maximum absolute atomic E-state index is 12.2. The van der Waals surface area contributed by atoms with Crippen molar-refractivity contribution in [3.05, 3.63) is 112 Å². The van der Waals surface area contributed by atoms with E-state index in [9.17, 15) is 4.79 Å². The van der Waals surface area contributed by atoms with Crippen molar-refractivity contribution in [1.82, 2.24) is 5.32 Å². The summed E-state index contributed by atoms with van der Waals surface area (Å²) in [6.07, 6.45) is 3.92. The Labute approximate surface area is 175 Å². The summed E-state index contributed by atoms with van der Waals surface area (Å²) in [7, 11) is 0. The first kappa shape index (κ1) is 20.2. The zero-order chi connectivity index (χ0) is 19.8. The summed E-state index contributed by atoms with van der Waals surface area (Å²) in [5, 5.41) is 3.99.